The number of rotatable bonds is 7. The van der Waals surface area contributed by atoms with Crippen LogP contribution in [0, 0.1) is 0 Å². The van der Waals surface area contributed by atoms with Crippen molar-refractivity contribution in [2.24, 2.45) is 4.99 Å². The van der Waals surface area contributed by atoms with Crippen LogP contribution in [0.15, 0.2) is 53.7 Å². The Bertz CT molecular complexity index is 947. The number of nitrogens with zero attached hydrogens (tertiary/aromatic N) is 4. The minimum atomic E-state index is -4.30. The van der Waals surface area contributed by atoms with Crippen molar-refractivity contribution in [1.29, 1.82) is 0 Å². The maximum atomic E-state index is 12.6. The van der Waals surface area contributed by atoms with Gasteiger partial charge in [0.25, 0.3) is 0 Å². The van der Waals surface area contributed by atoms with Gasteiger partial charge in [-0.25, -0.2) is 0 Å². The molecule has 6 nitrogen and oxygen atoms in total. The van der Waals surface area contributed by atoms with Gasteiger partial charge >= 0.3 is 6.18 Å². The van der Waals surface area contributed by atoms with Crippen molar-refractivity contribution in [3.8, 4) is 0 Å². The fourth-order valence-electron chi connectivity index (χ4n) is 2.92. The molecule has 2 N–H and O–H groups in total. The molecule has 0 unspecified atom stereocenters. The summed E-state index contributed by atoms with van der Waals surface area (Å²) < 4.78 is 39.7. The van der Waals surface area contributed by atoms with Gasteiger partial charge in [0.15, 0.2) is 11.6 Å². The molecule has 3 aromatic rings. The number of aryl methyl sites for hydroxylation is 1. The summed E-state index contributed by atoms with van der Waals surface area (Å²) in [6.45, 7) is 1.28. The van der Waals surface area contributed by atoms with E-state index in [0.29, 0.717) is 25.5 Å². The summed E-state index contributed by atoms with van der Waals surface area (Å²) in [4.78, 5) is 4.16. The zero-order valence-corrected chi connectivity index (χ0v) is 16.1. The first kappa shape index (κ1) is 20.6. The number of aliphatic imine (C=N–C) groups is 1. The summed E-state index contributed by atoms with van der Waals surface area (Å²) in [5.74, 6) is 1.57. The number of aromatic nitrogens is 3. The van der Waals surface area contributed by atoms with E-state index < -0.39 is 11.7 Å². The summed E-state index contributed by atoms with van der Waals surface area (Å²) in [6.07, 6.45) is -0.123. The molecule has 0 amide bonds. The summed E-state index contributed by atoms with van der Waals surface area (Å²) in [7, 11) is 1.68. The lowest BCUT2D eigenvalue weighted by Gasteiger charge is -2.12. The molecule has 0 spiro atoms. The van der Waals surface area contributed by atoms with E-state index in [-0.39, 0.29) is 0 Å². The number of hydrogen-bond acceptors (Lipinski definition) is 3. The minimum Gasteiger partial charge on any atom is -0.356 e. The molecule has 0 bridgehead atoms. The van der Waals surface area contributed by atoms with Crippen LogP contribution >= 0.6 is 0 Å². The number of nitrogens with one attached hydrogen (secondary N) is 2. The van der Waals surface area contributed by atoms with Crippen molar-refractivity contribution < 1.29 is 13.2 Å². The van der Waals surface area contributed by atoms with Crippen LogP contribution in [0.4, 0.5) is 13.2 Å². The smallest absolute Gasteiger partial charge is 0.356 e. The van der Waals surface area contributed by atoms with E-state index in [9.17, 15) is 13.2 Å². The van der Waals surface area contributed by atoms with Crippen molar-refractivity contribution in [2.45, 2.75) is 25.4 Å². The van der Waals surface area contributed by atoms with Gasteiger partial charge in [-0.2, -0.15) is 13.2 Å². The molecule has 29 heavy (non-hydrogen) atoms. The zero-order chi connectivity index (χ0) is 20.7. The highest BCUT2D eigenvalue weighted by Gasteiger charge is 2.29. The van der Waals surface area contributed by atoms with Crippen LogP contribution in [0.5, 0.6) is 0 Å². The fourth-order valence-corrected chi connectivity index (χ4v) is 2.92. The van der Waals surface area contributed by atoms with Gasteiger partial charge in [0.05, 0.1) is 5.56 Å². The zero-order valence-electron chi connectivity index (χ0n) is 16.1. The molecule has 0 aliphatic heterocycles. The second-order valence-corrected chi connectivity index (χ2v) is 6.52. The van der Waals surface area contributed by atoms with Crippen LogP contribution in [0.1, 0.15) is 23.4 Å². The van der Waals surface area contributed by atoms with Crippen molar-refractivity contribution in [3.05, 3.63) is 65.6 Å². The number of alkyl halides is 3. The lowest BCUT2D eigenvalue weighted by molar-refractivity contribution is -0.137. The molecular weight excluding hydrogens is 381 g/mol. The number of pyridine rings is 1. The Morgan fingerprint density at radius 3 is 2.48 bits per heavy atom. The highest BCUT2D eigenvalue weighted by Crippen LogP contribution is 2.29. The van der Waals surface area contributed by atoms with Crippen molar-refractivity contribution in [1.82, 2.24) is 25.2 Å². The Labute approximate surface area is 166 Å². The maximum Gasteiger partial charge on any atom is 0.416 e. The first-order chi connectivity index (χ1) is 14.0. The van der Waals surface area contributed by atoms with Crippen LogP contribution in [-0.2, 0) is 19.0 Å². The lowest BCUT2D eigenvalue weighted by atomic mass is 10.1. The van der Waals surface area contributed by atoms with Gasteiger partial charge in [0.1, 0.15) is 5.82 Å². The molecule has 0 fully saturated rings. The van der Waals surface area contributed by atoms with Crippen molar-refractivity contribution in [3.63, 3.8) is 0 Å². The van der Waals surface area contributed by atoms with Crippen LogP contribution in [0.2, 0.25) is 0 Å². The average Bonchev–Trinajstić information content (AvgIpc) is 3.12. The monoisotopic (exact) mass is 404 g/mol. The number of hydrogen-bond donors (Lipinski definition) is 2. The number of fused-ring (bicyclic) bond motifs is 1. The number of benzene rings is 1. The van der Waals surface area contributed by atoms with E-state index in [1.165, 1.54) is 12.1 Å². The second-order valence-electron chi connectivity index (χ2n) is 6.52. The highest BCUT2D eigenvalue weighted by molar-refractivity contribution is 5.79. The Morgan fingerprint density at radius 1 is 1.00 bits per heavy atom. The highest BCUT2D eigenvalue weighted by atomic mass is 19.4. The standard InChI is InChI=1S/C20H23F3N6/c1-24-19(26-13-11-15-7-9-16(10-8-15)20(21,22)23)25-12-4-6-18-28-27-17-5-2-3-14-29(17)18/h2-3,5,7-10,14H,4,6,11-13H2,1H3,(H2,24,25,26). The van der Waals surface area contributed by atoms with E-state index in [2.05, 4.69) is 25.8 Å². The predicted molar refractivity (Wildman–Crippen MR) is 106 cm³/mol. The SMILES string of the molecule is CN=C(NCCCc1nnc2ccccn12)NCCc1ccc(C(F)(F)F)cc1. The number of halogens is 3. The third-order valence-electron chi connectivity index (χ3n) is 4.46. The third kappa shape index (κ3) is 5.69. The third-order valence-corrected chi connectivity index (χ3v) is 4.46. The number of guanidine groups is 1. The van der Waals surface area contributed by atoms with E-state index in [0.717, 1.165) is 42.0 Å². The summed E-state index contributed by atoms with van der Waals surface area (Å²) in [5.41, 5.74) is 1.03. The molecule has 0 saturated heterocycles. The van der Waals surface area contributed by atoms with Crippen molar-refractivity contribution >= 4 is 11.6 Å². The Hall–Kier alpha value is -3.10. The Balaban J connectivity index is 1.38. The minimum absolute atomic E-state index is 0.569. The van der Waals surface area contributed by atoms with Gasteiger partial charge in [-0.05, 0) is 42.7 Å². The summed E-state index contributed by atoms with van der Waals surface area (Å²) >= 11 is 0. The van der Waals surface area contributed by atoms with Crippen LogP contribution in [0.3, 0.4) is 0 Å². The van der Waals surface area contributed by atoms with Gasteiger partial charge in [-0.15, -0.1) is 10.2 Å². The van der Waals surface area contributed by atoms with Gasteiger partial charge in [-0.3, -0.25) is 9.39 Å². The first-order valence-corrected chi connectivity index (χ1v) is 9.36. The normalized spacial score (nSPS) is 12.3. The molecule has 3 rings (SSSR count). The van der Waals surface area contributed by atoms with Gasteiger partial charge in [0, 0.05) is 32.8 Å². The molecule has 0 saturated carbocycles. The molecular formula is C20H23F3N6. The average molecular weight is 404 g/mol. The Kier molecular flexibility index (Phi) is 6.69. The summed E-state index contributed by atoms with van der Waals surface area (Å²) in [6, 6.07) is 11.0. The molecule has 0 aliphatic carbocycles. The summed E-state index contributed by atoms with van der Waals surface area (Å²) in [5, 5.41) is 14.7. The predicted octanol–water partition coefficient (Wildman–Crippen LogP) is 3.09. The quantitative estimate of drug-likeness (QED) is 0.361. The maximum absolute atomic E-state index is 12.6. The molecule has 9 heteroatoms. The largest absolute Gasteiger partial charge is 0.416 e. The molecule has 154 valence electrons. The molecule has 0 radical (unpaired) electrons. The molecule has 2 aromatic heterocycles. The molecule has 2 heterocycles. The van der Waals surface area contributed by atoms with Crippen LogP contribution < -0.4 is 10.6 Å². The van der Waals surface area contributed by atoms with E-state index in [4.69, 9.17) is 0 Å². The van der Waals surface area contributed by atoms with E-state index in [1.54, 1.807) is 7.05 Å². The Morgan fingerprint density at radius 2 is 1.76 bits per heavy atom. The topological polar surface area (TPSA) is 66.6 Å². The second kappa shape index (κ2) is 9.40. The first-order valence-electron chi connectivity index (χ1n) is 9.36. The lowest BCUT2D eigenvalue weighted by Crippen LogP contribution is -2.38. The van der Waals surface area contributed by atoms with Gasteiger partial charge in [-0.1, -0.05) is 18.2 Å². The molecule has 0 atom stereocenters. The van der Waals surface area contributed by atoms with E-state index >= 15 is 0 Å². The molecule has 0 aliphatic rings. The fraction of sp³-hybridized carbons (Fsp3) is 0.350. The van der Waals surface area contributed by atoms with Crippen LogP contribution in [-0.4, -0.2) is 40.7 Å². The van der Waals surface area contributed by atoms with Gasteiger partial charge in [0.2, 0.25) is 0 Å². The molecule has 1 aromatic carbocycles. The van der Waals surface area contributed by atoms with Crippen molar-refractivity contribution in [2.75, 3.05) is 20.1 Å². The van der Waals surface area contributed by atoms with E-state index in [1.807, 2.05) is 28.8 Å². The van der Waals surface area contributed by atoms with Crippen LogP contribution in [0.25, 0.3) is 5.65 Å². The van der Waals surface area contributed by atoms with Gasteiger partial charge < -0.3 is 10.6 Å².